The van der Waals surface area contributed by atoms with Crippen molar-refractivity contribution >= 4 is 9.84 Å². The van der Waals surface area contributed by atoms with Crippen LogP contribution in [0.3, 0.4) is 0 Å². The number of rotatable bonds is 6. The van der Waals surface area contributed by atoms with Gasteiger partial charge in [0.25, 0.3) is 0 Å². The maximum absolute atomic E-state index is 13.6. The molecule has 0 aliphatic heterocycles. The maximum Gasteiger partial charge on any atom is 0.154 e. The topological polar surface area (TPSA) is 60.2 Å². The fraction of sp³-hybridized carbons (Fsp3) is 0.538. The van der Waals surface area contributed by atoms with Crippen molar-refractivity contribution in [3.8, 4) is 0 Å². The first-order valence-corrected chi connectivity index (χ1v) is 7.93. The molecule has 2 atom stereocenters. The Morgan fingerprint density at radius 1 is 1.32 bits per heavy atom. The third kappa shape index (κ3) is 3.98. The Balaban J connectivity index is 2.99. The van der Waals surface area contributed by atoms with Crippen molar-refractivity contribution in [1.82, 2.24) is 0 Å². The number of benzene rings is 1. The molecule has 0 spiro atoms. The molecule has 19 heavy (non-hydrogen) atoms. The Hall–Kier alpha value is -1.01. The van der Waals surface area contributed by atoms with E-state index in [-0.39, 0.29) is 11.3 Å². The van der Waals surface area contributed by atoms with Crippen molar-refractivity contribution in [2.75, 3.05) is 5.75 Å². The zero-order valence-corrected chi connectivity index (χ0v) is 11.9. The molecule has 2 N–H and O–H groups in total. The Morgan fingerprint density at radius 3 is 2.53 bits per heavy atom. The van der Waals surface area contributed by atoms with Crippen molar-refractivity contribution in [2.45, 2.75) is 38.0 Å². The van der Waals surface area contributed by atoms with Gasteiger partial charge in [0.1, 0.15) is 11.6 Å². The molecule has 1 aromatic rings. The maximum atomic E-state index is 13.6. The van der Waals surface area contributed by atoms with Crippen molar-refractivity contribution in [3.63, 3.8) is 0 Å². The normalized spacial score (nSPS) is 15.2. The lowest BCUT2D eigenvalue weighted by molar-refractivity contribution is 0.536. The van der Waals surface area contributed by atoms with Crippen LogP contribution in [0.25, 0.3) is 0 Å². The smallest absolute Gasteiger partial charge is 0.154 e. The number of unbranched alkanes of at least 4 members (excludes halogenated alkanes) is 1. The predicted octanol–water partition coefficient (Wildman–Crippen LogP) is 2.57. The molecule has 0 heterocycles. The van der Waals surface area contributed by atoms with Gasteiger partial charge >= 0.3 is 0 Å². The van der Waals surface area contributed by atoms with Gasteiger partial charge in [-0.25, -0.2) is 17.2 Å². The van der Waals surface area contributed by atoms with Gasteiger partial charge in [-0.3, -0.25) is 0 Å². The van der Waals surface area contributed by atoms with Gasteiger partial charge in [0.15, 0.2) is 9.84 Å². The Labute approximate surface area is 112 Å². The van der Waals surface area contributed by atoms with Crippen molar-refractivity contribution in [3.05, 3.63) is 35.4 Å². The molecule has 0 bridgehead atoms. The Kier molecular flexibility index (Phi) is 5.43. The zero-order valence-electron chi connectivity index (χ0n) is 11.1. The molecular weight excluding hydrogens is 272 g/mol. The zero-order chi connectivity index (χ0) is 14.6. The van der Waals surface area contributed by atoms with Crippen LogP contribution in [0.2, 0.25) is 0 Å². The molecule has 0 radical (unpaired) electrons. The first-order chi connectivity index (χ1) is 8.79. The lowest BCUT2D eigenvalue weighted by Gasteiger charge is -2.21. The van der Waals surface area contributed by atoms with E-state index in [9.17, 15) is 17.2 Å². The van der Waals surface area contributed by atoms with Gasteiger partial charge in [0, 0.05) is 11.6 Å². The van der Waals surface area contributed by atoms with Gasteiger partial charge in [-0.2, -0.15) is 0 Å². The van der Waals surface area contributed by atoms with Crippen LogP contribution < -0.4 is 5.73 Å². The fourth-order valence-electron chi connectivity index (χ4n) is 1.78. The number of sulfone groups is 1. The largest absolute Gasteiger partial charge is 0.323 e. The van der Waals surface area contributed by atoms with E-state index in [4.69, 9.17) is 5.73 Å². The monoisotopic (exact) mass is 291 g/mol. The van der Waals surface area contributed by atoms with E-state index in [0.29, 0.717) is 6.42 Å². The molecule has 108 valence electrons. The van der Waals surface area contributed by atoms with Gasteiger partial charge in [0.05, 0.1) is 11.0 Å². The van der Waals surface area contributed by atoms with E-state index in [2.05, 4.69) is 0 Å². The van der Waals surface area contributed by atoms with Crippen LogP contribution in [-0.4, -0.2) is 19.4 Å². The van der Waals surface area contributed by atoms with E-state index >= 15 is 0 Å². The van der Waals surface area contributed by atoms with Crippen LogP contribution >= 0.6 is 0 Å². The first kappa shape index (κ1) is 16.0. The van der Waals surface area contributed by atoms with E-state index in [1.807, 2.05) is 6.92 Å². The second kappa shape index (κ2) is 6.43. The highest BCUT2D eigenvalue weighted by Crippen LogP contribution is 2.24. The molecule has 0 amide bonds. The molecule has 0 fully saturated rings. The van der Waals surface area contributed by atoms with Crippen molar-refractivity contribution in [1.29, 1.82) is 0 Å². The minimum atomic E-state index is -3.41. The Morgan fingerprint density at radius 2 is 1.95 bits per heavy atom. The van der Waals surface area contributed by atoms with Crippen LogP contribution in [0, 0.1) is 11.6 Å². The van der Waals surface area contributed by atoms with E-state index in [1.165, 1.54) is 6.92 Å². The molecule has 0 saturated carbocycles. The standard InChI is InChI=1S/C13H19F2NO2S/c1-3-4-7-19(17,18)9(2)13(16)11-8-10(14)5-6-12(11)15/h5-6,8-9,13H,3-4,7,16H2,1-2H3. The Bertz CT molecular complexity index is 531. The number of halogens is 2. The van der Waals surface area contributed by atoms with Gasteiger partial charge in [0.2, 0.25) is 0 Å². The van der Waals surface area contributed by atoms with E-state index in [1.54, 1.807) is 0 Å². The van der Waals surface area contributed by atoms with Crippen molar-refractivity contribution in [2.24, 2.45) is 5.73 Å². The molecular formula is C13H19F2NO2S. The van der Waals surface area contributed by atoms with Crippen LogP contribution in [0.1, 0.15) is 38.3 Å². The fourth-order valence-corrected chi connectivity index (χ4v) is 3.43. The molecule has 1 aromatic carbocycles. The van der Waals surface area contributed by atoms with E-state index < -0.39 is 32.8 Å². The molecule has 1 rings (SSSR count). The average Bonchev–Trinajstić information content (AvgIpc) is 2.37. The van der Waals surface area contributed by atoms with Crippen molar-refractivity contribution < 1.29 is 17.2 Å². The second-order valence-electron chi connectivity index (χ2n) is 4.62. The number of hydrogen-bond acceptors (Lipinski definition) is 3. The lowest BCUT2D eigenvalue weighted by atomic mass is 10.0. The highest BCUT2D eigenvalue weighted by Gasteiger charge is 2.29. The molecule has 0 aromatic heterocycles. The second-order valence-corrected chi connectivity index (χ2v) is 7.09. The number of hydrogen-bond donors (Lipinski definition) is 1. The summed E-state index contributed by atoms with van der Waals surface area (Å²) in [6, 6.07) is 1.81. The molecule has 6 heteroatoms. The number of nitrogens with two attached hydrogens (primary N) is 1. The summed E-state index contributed by atoms with van der Waals surface area (Å²) in [5, 5.41) is -0.949. The van der Waals surface area contributed by atoms with Crippen LogP contribution in [0.4, 0.5) is 8.78 Å². The molecule has 0 saturated heterocycles. The molecule has 3 nitrogen and oxygen atoms in total. The van der Waals surface area contributed by atoms with Gasteiger partial charge in [-0.05, 0) is 31.5 Å². The summed E-state index contributed by atoms with van der Waals surface area (Å²) < 4.78 is 50.7. The van der Waals surface area contributed by atoms with Crippen LogP contribution in [0.15, 0.2) is 18.2 Å². The SMILES string of the molecule is CCCCS(=O)(=O)C(C)C(N)c1cc(F)ccc1F. The lowest BCUT2D eigenvalue weighted by Crippen LogP contribution is -2.33. The third-order valence-electron chi connectivity index (χ3n) is 3.17. The highest BCUT2D eigenvalue weighted by atomic mass is 32.2. The first-order valence-electron chi connectivity index (χ1n) is 6.21. The summed E-state index contributed by atoms with van der Waals surface area (Å²) in [4.78, 5) is 0. The highest BCUT2D eigenvalue weighted by molar-refractivity contribution is 7.92. The van der Waals surface area contributed by atoms with Crippen LogP contribution in [0.5, 0.6) is 0 Å². The summed E-state index contributed by atoms with van der Waals surface area (Å²) >= 11 is 0. The molecule has 0 aliphatic rings. The summed E-state index contributed by atoms with van der Waals surface area (Å²) in [5.41, 5.74) is 5.68. The summed E-state index contributed by atoms with van der Waals surface area (Å²) in [5.74, 6) is -1.31. The minimum absolute atomic E-state index is 0.00923. The summed E-state index contributed by atoms with van der Waals surface area (Å²) in [6.45, 7) is 3.31. The quantitative estimate of drug-likeness (QED) is 0.876. The van der Waals surface area contributed by atoms with E-state index in [0.717, 1.165) is 24.6 Å². The predicted molar refractivity (Wildman–Crippen MR) is 71.4 cm³/mol. The molecule has 0 aliphatic carbocycles. The third-order valence-corrected chi connectivity index (χ3v) is 5.46. The van der Waals surface area contributed by atoms with Gasteiger partial charge in [-0.15, -0.1) is 0 Å². The van der Waals surface area contributed by atoms with Crippen LogP contribution in [-0.2, 0) is 9.84 Å². The molecule has 2 unspecified atom stereocenters. The summed E-state index contributed by atoms with van der Waals surface area (Å²) in [7, 11) is -3.41. The van der Waals surface area contributed by atoms with Gasteiger partial charge in [-0.1, -0.05) is 13.3 Å². The average molecular weight is 291 g/mol. The van der Waals surface area contributed by atoms with Gasteiger partial charge < -0.3 is 5.73 Å². The minimum Gasteiger partial charge on any atom is -0.323 e. The summed E-state index contributed by atoms with van der Waals surface area (Å²) in [6.07, 6.45) is 1.28.